The first-order valence-electron chi connectivity index (χ1n) is 6.66. The van der Waals surface area contributed by atoms with Gasteiger partial charge in [0.25, 0.3) is 0 Å². The Morgan fingerprint density at radius 1 is 1.38 bits per heavy atom. The second kappa shape index (κ2) is 6.54. The maximum atomic E-state index is 12.8. The number of rotatable bonds is 2. The molecule has 1 aliphatic heterocycles. The fourth-order valence-electron chi connectivity index (χ4n) is 2.57. The summed E-state index contributed by atoms with van der Waals surface area (Å²) >= 11 is 3.36. The van der Waals surface area contributed by atoms with Gasteiger partial charge in [0.05, 0.1) is 4.90 Å². The Kier molecular flexibility index (Phi) is 5.89. The van der Waals surface area contributed by atoms with Crippen molar-refractivity contribution in [3.8, 4) is 0 Å². The van der Waals surface area contributed by atoms with Crippen molar-refractivity contribution in [3.05, 3.63) is 28.2 Å². The van der Waals surface area contributed by atoms with Gasteiger partial charge in [-0.3, -0.25) is 0 Å². The zero-order chi connectivity index (χ0) is 15.1. The summed E-state index contributed by atoms with van der Waals surface area (Å²) in [6.07, 6.45) is 0.696. The molecule has 1 saturated heterocycles. The van der Waals surface area contributed by atoms with E-state index in [0.29, 0.717) is 24.4 Å². The van der Waals surface area contributed by atoms with Crippen LogP contribution in [0.4, 0.5) is 0 Å². The van der Waals surface area contributed by atoms with E-state index in [9.17, 15) is 8.42 Å². The van der Waals surface area contributed by atoms with Crippen LogP contribution in [0.5, 0.6) is 0 Å². The Balaban J connectivity index is 0.00000220. The molecule has 1 fully saturated rings. The van der Waals surface area contributed by atoms with Gasteiger partial charge in [0.15, 0.2) is 0 Å². The third-order valence-electron chi connectivity index (χ3n) is 4.03. The van der Waals surface area contributed by atoms with Gasteiger partial charge in [-0.2, -0.15) is 4.31 Å². The van der Waals surface area contributed by atoms with Gasteiger partial charge in [-0.15, -0.1) is 12.4 Å². The number of halogens is 2. The van der Waals surface area contributed by atoms with Crippen LogP contribution in [0.2, 0.25) is 0 Å². The van der Waals surface area contributed by atoms with Gasteiger partial charge in [-0.25, -0.2) is 8.42 Å². The number of nitrogens with two attached hydrogens (primary N) is 1. The maximum Gasteiger partial charge on any atom is 0.243 e. The molecule has 0 spiro atoms. The number of benzene rings is 1. The number of nitrogens with zero attached hydrogens (tertiary/aromatic N) is 1. The Labute approximate surface area is 141 Å². The molecule has 120 valence electrons. The highest BCUT2D eigenvalue weighted by Crippen LogP contribution is 2.32. The van der Waals surface area contributed by atoms with Gasteiger partial charge >= 0.3 is 0 Å². The summed E-state index contributed by atoms with van der Waals surface area (Å²) < 4.78 is 28.0. The lowest BCUT2D eigenvalue weighted by Crippen LogP contribution is -2.53. The predicted molar refractivity (Wildman–Crippen MR) is 91.3 cm³/mol. The molecular formula is C14H22BrClN2O2S. The summed E-state index contributed by atoms with van der Waals surface area (Å²) in [5.41, 5.74) is 6.64. The molecule has 2 rings (SSSR count). The maximum absolute atomic E-state index is 12.8. The molecule has 1 unspecified atom stereocenters. The number of aryl methyl sites for hydroxylation is 1. The number of sulfonamides is 1. The van der Waals surface area contributed by atoms with Crippen LogP contribution in [-0.4, -0.2) is 31.9 Å². The van der Waals surface area contributed by atoms with Gasteiger partial charge in [0.1, 0.15) is 0 Å². The molecule has 1 aliphatic rings. The third kappa shape index (κ3) is 3.79. The second-order valence-corrected chi connectivity index (χ2v) is 8.95. The van der Waals surface area contributed by atoms with Crippen LogP contribution in [0, 0.1) is 12.3 Å². The van der Waals surface area contributed by atoms with E-state index in [0.717, 1.165) is 10.0 Å². The number of hydrogen-bond acceptors (Lipinski definition) is 3. The predicted octanol–water partition coefficient (Wildman–Crippen LogP) is 2.93. The molecule has 4 nitrogen and oxygen atoms in total. The van der Waals surface area contributed by atoms with Gasteiger partial charge in [0.2, 0.25) is 10.0 Å². The van der Waals surface area contributed by atoms with Crippen LogP contribution < -0.4 is 5.73 Å². The fourth-order valence-corrected chi connectivity index (χ4v) is 4.88. The molecule has 0 amide bonds. The van der Waals surface area contributed by atoms with Crippen LogP contribution in [0.15, 0.2) is 27.6 Å². The average Bonchev–Trinajstić information content (AvgIpc) is 2.31. The first-order valence-corrected chi connectivity index (χ1v) is 8.90. The monoisotopic (exact) mass is 396 g/mol. The Hall–Kier alpha value is -0.140. The third-order valence-corrected chi connectivity index (χ3v) is 6.53. The first kappa shape index (κ1) is 18.9. The Morgan fingerprint density at radius 3 is 2.52 bits per heavy atom. The second-order valence-electron chi connectivity index (χ2n) is 6.13. The molecule has 1 aromatic carbocycles. The minimum absolute atomic E-state index is 0. The molecule has 0 bridgehead atoms. The summed E-state index contributed by atoms with van der Waals surface area (Å²) in [6.45, 7) is 6.81. The molecule has 1 heterocycles. The quantitative estimate of drug-likeness (QED) is 0.834. The first-order chi connectivity index (χ1) is 9.14. The average molecular weight is 398 g/mol. The van der Waals surface area contributed by atoms with E-state index in [1.807, 2.05) is 26.8 Å². The van der Waals surface area contributed by atoms with E-state index < -0.39 is 10.0 Å². The van der Waals surface area contributed by atoms with E-state index in [-0.39, 0.29) is 23.9 Å². The Bertz CT molecular complexity index is 619. The highest BCUT2D eigenvalue weighted by Gasteiger charge is 2.39. The fraction of sp³-hybridized carbons (Fsp3) is 0.571. The lowest BCUT2D eigenvalue weighted by molar-refractivity contribution is 0.155. The SMILES string of the molecule is Cc1cc(Br)ccc1S(=O)(=O)N1CCC(N)C(C)(C)C1.Cl. The highest BCUT2D eigenvalue weighted by molar-refractivity contribution is 9.10. The molecule has 0 aromatic heterocycles. The van der Waals surface area contributed by atoms with E-state index in [4.69, 9.17) is 5.73 Å². The smallest absolute Gasteiger partial charge is 0.243 e. The van der Waals surface area contributed by atoms with Crippen molar-refractivity contribution in [3.63, 3.8) is 0 Å². The van der Waals surface area contributed by atoms with Gasteiger partial charge < -0.3 is 5.73 Å². The molecule has 1 atom stereocenters. The van der Waals surface area contributed by atoms with Crippen molar-refractivity contribution in [1.29, 1.82) is 0 Å². The highest BCUT2D eigenvalue weighted by atomic mass is 79.9. The normalized spacial score (nSPS) is 22.6. The van der Waals surface area contributed by atoms with Crippen molar-refractivity contribution in [2.24, 2.45) is 11.1 Å². The summed E-state index contributed by atoms with van der Waals surface area (Å²) in [7, 11) is -3.45. The topological polar surface area (TPSA) is 63.4 Å². The molecule has 2 N–H and O–H groups in total. The lowest BCUT2D eigenvalue weighted by atomic mass is 9.81. The molecule has 1 aromatic rings. The van der Waals surface area contributed by atoms with Crippen molar-refractivity contribution < 1.29 is 8.42 Å². The van der Waals surface area contributed by atoms with Crippen LogP contribution in [0.1, 0.15) is 25.8 Å². The molecule has 21 heavy (non-hydrogen) atoms. The minimum Gasteiger partial charge on any atom is -0.327 e. The molecule has 0 radical (unpaired) electrons. The van der Waals surface area contributed by atoms with Crippen molar-refractivity contribution in [2.75, 3.05) is 13.1 Å². The van der Waals surface area contributed by atoms with Gasteiger partial charge in [-0.1, -0.05) is 29.8 Å². The van der Waals surface area contributed by atoms with E-state index in [1.165, 1.54) is 0 Å². The van der Waals surface area contributed by atoms with Crippen LogP contribution in [0.25, 0.3) is 0 Å². The molecule has 0 saturated carbocycles. The van der Waals surface area contributed by atoms with Crippen molar-refractivity contribution >= 4 is 38.4 Å². The van der Waals surface area contributed by atoms with Crippen LogP contribution in [-0.2, 0) is 10.0 Å². The number of piperidine rings is 1. The molecule has 7 heteroatoms. The number of hydrogen-bond donors (Lipinski definition) is 1. The summed E-state index contributed by atoms with van der Waals surface area (Å²) in [5, 5.41) is 0. The van der Waals surface area contributed by atoms with Crippen molar-refractivity contribution in [1.82, 2.24) is 4.31 Å². The molecule has 0 aliphatic carbocycles. The van der Waals surface area contributed by atoms with Crippen molar-refractivity contribution in [2.45, 2.75) is 38.1 Å². The minimum atomic E-state index is -3.45. The largest absolute Gasteiger partial charge is 0.327 e. The van der Waals surface area contributed by atoms with E-state index in [2.05, 4.69) is 15.9 Å². The van der Waals surface area contributed by atoms with Crippen LogP contribution >= 0.6 is 28.3 Å². The van der Waals surface area contributed by atoms with Gasteiger partial charge in [0, 0.05) is 23.6 Å². The summed E-state index contributed by atoms with van der Waals surface area (Å²) in [5.74, 6) is 0. The van der Waals surface area contributed by atoms with E-state index in [1.54, 1.807) is 16.4 Å². The Morgan fingerprint density at radius 2 is 2.00 bits per heavy atom. The lowest BCUT2D eigenvalue weighted by Gasteiger charge is -2.41. The zero-order valence-electron chi connectivity index (χ0n) is 12.5. The summed E-state index contributed by atoms with van der Waals surface area (Å²) in [4.78, 5) is 0.381. The standard InChI is InChI=1S/C14H21BrN2O2S.ClH/c1-10-8-11(15)4-5-12(10)20(18,19)17-7-6-13(16)14(2,3)9-17;/h4-5,8,13H,6-7,9,16H2,1-3H3;1H. The van der Waals surface area contributed by atoms with Crippen LogP contribution in [0.3, 0.4) is 0 Å². The summed E-state index contributed by atoms with van der Waals surface area (Å²) in [6, 6.07) is 5.30. The van der Waals surface area contributed by atoms with Gasteiger partial charge in [-0.05, 0) is 42.5 Å². The molecular weight excluding hydrogens is 376 g/mol. The van der Waals surface area contributed by atoms with E-state index >= 15 is 0 Å². The zero-order valence-corrected chi connectivity index (χ0v) is 15.7.